The van der Waals surface area contributed by atoms with Crippen LogP contribution in [-0.4, -0.2) is 27.9 Å². The van der Waals surface area contributed by atoms with E-state index in [0.717, 1.165) is 12.0 Å². The number of carbonyl (C=O) groups excluding carboxylic acids is 1. The fourth-order valence-corrected chi connectivity index (χ4v) is 4.18. The van der Waals surface area contributed by atoms with Gasteiger partial charge in [-0.1, -0.05) is 45.0 Å². The summed E-state index contributed by atoms with van der Waals surface area (Å²) in [6.45, 7) is 11.5. The first-order chi connectivity index (χ1) is 13.9. The molecule has 5 nitrogen and oxygen atoms in total. The molecule has 0 bridgehead atoms. The molecule has 0 atom stereocenters. The number of hydrogen-bond acceptors (Lipinski definition) is 3. The van der Waals surface area contributed by atoms with Crippen molar-refractivity contribution in [2.24, 2.45) is 0 Å². The standard InChI is InChI=1S/C24H34N2O3S/c1-17-15-20(24(3,4)5)16-18(2)22(17)13-14-26-23(27)12-9-19-7-10-21(11-8-19)30(28,29)25-6/h7-8,10-11,15-16,25H,9,12-14H2,1-6H3,(H,26,27). The van der Waals surface area contributed by atoms with Gasteiger partial charge in [-0.25, -0.2) is 13.1 Å². The third-order valence-corrected chi connectivity index (χ3v) is 6.83. The van der Waals surface area contributed by atoms with Crippen molar-refractivity contribution < 1.29 is 13.2 Å². The summed E-state index contributed by atoms with van der Waals surface area (Å²) in [5, 5.41) is 3.00. The second kappa shape index (κ2) is 9.75. The van der Waals surface area contributed by atoms with Crippen LogP contribution >= 0.6 is 0 Å². The van der Waals surface area contributed by atoms with Crippen molar-refractivity contribution in [3.63, 3.8) is 0 Å². The average Bonchev–Trinajstić information content (AvgIpc) is 2.68. The lowest BCUT2D eigenvalue weighted by molar-refractivity contribution is -0.121. The Morgan fingerprint density at radius 2 is 1.53 bits per heavy atom. The highest BCUT2D eigenvalue weighted by Gasteiger charge is 2.16. The predicted octanol–water partition coefficient (Wildman–Crippen LogP) is 3.80. The van der Waals surface area contributed by atoms with Crippen molar-refractivity contribution in [3.8, 4) is 0 Å². The fourth-order valence-electron chi connectivity index (χ4n) is 3.45. The van der Waals surface area contributed by atoms with Gasteiger partial charge in [0.15, 0.2) is 0 Å². The molecule has 0 spiro atoms. The van der Waals surface area contributed by atoms with Crippen LogP contribution in [-0.2, 0) is 33.1 Å². The summed E-state index contributed by atoms with van der Waals surface area (Å²) in [6.07, 6.45) is 1.76. The monoisotopic (exact) mass is 430 g/mol. The van der Waals surface area contributed by atoms with Crippen molar-refractivity contribution in [2.75, 3.05) is 13.6 Å². The largest absolute Gasteiger partial charge is 0.356 e. The summed E-state index contributed by atoms with van der Waals surface area (Å²) >= 11 is 0. The lowest BCUT2D eigenvalue weighted by atomic mass is 9.83. The molecule has 0 aliphatic rings. The molecule has 0 aliphatic carbocycles. The summed E-state index contributed by atoms with van der Waals surface area (Å²) in [4.78, 5) is 12.4. The minimum absolute atomic E-state index is 0.00328. The van der Waals surface area contributed by atoms with Crippen LogP contribution in [0.25, 0.3) is 0 Å². The Morgan fingerprint density at radius 1 is 0.967 bits per heavy atom. The maximum atomic E-state index is 12.2. The lowest BCUT2D eigenvalue weighted by Gasteiger charge is -2.22. The second-order valence-electron chi connectivity index (χ2n) is 8.79. The Hall–Kier alpha value is -2.18. The van der Waals surface area contributed by atoms with Gasteiger partial charge in [0.05, 0.1) is 4.90 Å². The summed E-state index contributed by atoms with van der Waals surface area (Å²) in [7, 11) is -2.05. The van der Waals surface area contributed by atoms with Gasteiger partial charge in [-0.2, -0.15) is 0 Å². The average molecular weight is 431 g/mol. The highest BCUT2D eigenvalue weighted by Crippen LogP contribution is 2.27. The SMILES string of the molecule is CNS(=O)(=O)c1ccc(CCC(=O)NCCc2c(C)cc(C(C)(C)C)cc2C)cc1. The number of sulfonamides is 1. The molecule has 0 saturated carbocycles. The van der Waals surface area contributed by atoms with E-state index in [-0.39, 0.29) is 16.2 Å². The molecule has 2 aromatic rings. The molecule has 0 aliphatic heterocycles. The van der Waals surface area contributed by atoms with Crippen LogP contribution in [0, 0.1) is 13.8 Å². The Balaban J connectivity index is 1.86. The maximum Gasteiger partial charge on any atom is 0.240 e. The quantitative estimate of drug-likeness (QED) is 0.669. The van der Waals surface area contributed by atoms with Gasteiger partial charge in [-0.15, -0.1) is 0 Å². The third kappa shape index (κ3) is 6.41. The summed E-state index contributed by atoms with van der Waals surface area (Å²) < 4.78 is 25.8. The normalized spacial score (nSPS) is 12.1. The number of nitrogens with one attached hydrogen (secondary N) is 2. The molecule has 0 unspecified atom stereocenters. The van der Waals surface area contributed by atoms with Crippen molar-refractivity contribution in [3.05, 3.63) is 64.2 Å². The number of aryl methyl sites for hydroxylation is 3. The second-order valence-corrected chi connectivity index (χ2v) is 10.7. The first-order valence-electron chi connectivity index (χ1n) is 10.3. The molecular formula is C24H34N2O3S. The third-order valence-electron chi connectivity index (χ3n) is 5.40. The molecular weight excluding hydrogens is 396 g/mol. The molecule has 0 radical (unpaired) electrons. The van der Waals surface area contributed by atoms with Gasteiger partial charge < -0.3 is 5.32 Å². The number of amides is 1. The van der Waals surface area contributed by atoms with E-state index in [1.165, 1.54) is 29.3 Å². The van der Waals surface area contributed by atoms with Gasteiger partial charge in [0.25, 0.3) is 0 Å². The van der Waals surface area contributed by atoms with E-state index in [0.29, 0.717) is 19.4 Å². The topological polar surface area (TPSA) is 75.3 Å². The summed E-state index contributed by atoms with van der Waals surface area (Å²) in [5.74, 6) is 0.00328. The van der Waals surface area contributed by atoms with Gasteiger partial charge in [0.1, 0.15) is 0 Å². The van der Waals surface area contributed by atoms with Crippen LogP contribution in [0.3, 0.4) is 0 Å². The predicted molar refractivity (Wildman–Crippen MR) is 122 cm³/mol. The van der Waals surface area contributed by atoms with Crippen LogP contribution in [0.5, 0.6) is 0 Å². The highest BCUT2D eigenvalue weighted by molar-refractivity contribution is 7.89. The minimum Gasteiger partial charge on any atom is -0.356 e. The van der Waals surface area contributed by atoms with Crippen LogP contribution in [0.15, 0.2) is 41.3 Å². The van der Waals surface area contributed by atoms with Crippen LogP contribution in [0.2, 0.25) is 0 Å². The molecule has 30 heavy (non-hydrogen) atoms. The van der Waals surface area contributed by atoms with Gasteiger partial charge in [-0.05, 0) is 79.1 Å². The maximum absolute atomic E-state index is 12.2. The van der Waals surface area contributed by atoms with Crippen LogP contribution < -0.4 is 10.0 Å². The zero-order valence-electron chi connectivity index (χ0n) is 18.9. The van der Waals surface area contributed by atoms with Gasteiger partial charge in [0, 0.05) is 13.0 Å². The Bertz CT molecular complexity index is 965. The first-order valence-corrected chi connectivity index (χ1v) is 11.8. The van der Waals surface area contributed by atoms with E-state index in [4.69, 9.17) is 0 Å². The molecule has 2 rings (SSSR count). The molecule has 164 valence electrons. The molecule has 6 heteroatoms. The highest BCUT2D eigenvalue weighted by atomic mass is 32.2. The molecule has 0 fully saturated rings. The Labute approximate surface area is 181 Å². The molecule has 2 aromatic carbocycles. The van der Waals surface area contributed by atoms with E-state index in [1.54, 1.807) is 24.3 Å². The Kier molecular flexibility index (Phi) is 7.83. The van der Waals surface area contributed by atoms with E-state index in [1.807, 2.05) is 0 Å². The van der Waals surface area contributed by atoms with E-state index in [2.05, 4.69) is 56.8 Å². The van der Waals surface area contributed by atoms with Gasteiger partial charge >= 0.3 is 0 Å². The summed E-state index contributed by atoms with van der Waals surface area (Å²) in [6, 6.07) is 11.1. The summed E-state index contributed by atoms with van der Waals surface area (Å²) in [5.41, 5.74) is 6.22. The van der Waals surface area contributed by atoms with Crippen LogP contribution in [0.4, 0.5) is 0 Å². The number of rotatable bonds is 8. The molecule has 0 saturated heterocycles. The van der Waals surface area contributed by atoms with E-state index >= 15 is 0 Å². The fraction of sp³-hybridized carbons (Fsp3) is 0.458. The van der Waals surface area contributed by atoms with E-state index in [9.17, 15) is 13.2 Å². The number of benzene rings is 2. The van der Waals surface area contributed by atoms with Crippen LogP contribution in [0.1, 0.15) is 55.0 Å². The molecule has 2 N–H and O–H groups in total. The first kappa shape index (κ1) is 24.1. The van der Waals surface area contributed by atoms with Gasteiger partial charge in [-0.3, -0.25) is 4.79 Å². The van der Waals surface area contributed by atoms with E-state index < -0.39 is 10.0 Å². The van der Waals surface area contributed by atoms with Crippen molar-refractivity contribution in [1.82, 2.24) is 10.0 Å². The van der Waals surface area contributed by atoms with Crippen molar-refractivity contribution >= 4 is 15.9 Å². The number of carbonyl (C=O) groups is 1. The zero-order chi connectivity index (χ0) is 22.5. The smallest absolute Gasteiger partial charge is 0.240 e. The molecule has 1 amide bonds. The van der Waals surface area contributed by atoms with Gasteiger partial charge in [0.2, 0.25) is 15.9 Å². The number of hydrogen-bond donors (Lipinski definition) is 2. The Morgan fingerprint density at radius 3 is 2.03 bits per heavy atom. The zero-order valence-corrected chi connectivity index (χ0v) is 19.7. The van der Waals surface area contributed by atoms with Crippen molar-refractivity contribution in [1.29, 1.82) is 0 Å². The van der Waals surface area contributed by atoms with Crippen molar-refractivity contribution in [2.45, 2.75) is 64.2 Å². The molecule has 0 heterocycles. The molecule has 0 aromatic heterocycles. The minimum atomic E-state index is -3.43. The lowest BCUT2D eigenvalue weighted by Crippen LogP contribution is -2.26.